The molecule has 2 aliphatic rings. The van der Waals surface area contributed by atoms with Gasteiger partial charge in [-0.25, -0.2) is 4.98 Å². The quantitative estimate of drug-likeness (QED) is 0.872. The number of nitrogens with one attached hydrogen (secondary N) is 1. The Morgan fingerprint density at radius 1 is 1.25 bits per heavy atom. The van der Waals surface area contributed by atoms with Crippen molar-refractivity contribution >= 4 is 23.4 Å². The van der Waals surface area contributed by atoms with Crippen molar-refractivity contribution in [3.63, 3.8) is 0 Å². The average Bonchev–Trinajstić information content (AvgIpc) is 2.99. The molecule has 4 rings (SSSR count). The number of rotatable bonds is 3. The summed E-state index contributed by atoms with van der Waals surface area (Å²) in [4.78, 5) is 29.8. The second-order valence-electron chi connectivity index (χ2n) is 6.29. The average molecular weight is 341 g/mol. The fourth-order valence-corrected chi connectivity index (χ4v) is 4.57. The predicted octanol–water partition coefficient (Wildman–Crippen LogP) is 2.80. The van der Waals surface area contributed by atoms with Crippen LogP contribution in [-0.4, -0.2) is 21.2 Å². The Hall–Kier alpha value is -2.08. The van der Waals surface area contributed by atoms with Crippen LogP contribution in [-0.2, 0) is 17.6 Å². The number of hydrogen-bond acceptors (Lipinski definition) is 4. The van der Waals surface area contributed by atoms with Crippen molar-refractivity contribution in [3.8, 4) is 0 Å². The fraction of sp³-hybridized carbons (Fsp3) is 0.389. The molecule has 1 unspecified atom stereocenters. The Morgan fingerprint density at radius 3 is 2.88 bits per heavy atom. The number of fused-ring (bicyclic) bond motifs is 2. The lowest BCUT2D eigenvalue weighted by atomic mass is 9.97. The van der Waals surface area contributed by atoms with Crippen LogP contribution in [0.5, 0.6) is 0 Å². The Morgan fingerprint density at radius 2 is 2.04 bits per heavy atom. The van der Waals surface area contributed by atoms with Crippen molar-refractivity contribution in [3.05, 3.63) is 51.9 Å². The molecule has 1 aromatic carbocycles. The van der Waals surface area contributed by atoms with Gasteiger partial charge >= 0.3 is 0 Å². The first-order chi connectivity index (χ1) is 11.7. The topological polar surface area (TPSA) is 64.0 Å². The maximum Gasteiger partial charge on any atom is 0.257 e. The monoisotopic (exact) mass is 341 g/mol. The highest BCUT2D eigenvalue weighted by molar-refractivity contribution is 7.99. The molecule has 0 radical (unpaired) electrons. The second-order valence-corrected chi connectivity index (χ2v) is 7.27. The molecule has 124 valence electrons. The Kier molecular flexibility index (Phi) is 4.14. The van der Waals surface area contributed by atoms with E-state index in [0.717, 1.165) is 53.5 Å². The molecule has 1 atom stereocenters. The molecular formula is C18H19N3O2S. The number of amides is 1. The Labute approximate surface area is 144 Å². The van der Waals surface area contributed by atoms with Gasteiger partial charge < -0.3 is 5.32 Å². The minimum atomic E-state index is -0.110. The van der Waals surface area contributed by atoms with E-state index in [1.165, 1.54) is 0 Å². The van der Waals surface area contributed by atoms with Gasteiger partial charge in [0.1, 0.15) is 0 Å². The zero-order valence-electron chi connectivity index (χ0n) is 13.3. The molecule has 0 saturated carbocycles. The van der Waals surface area contributed by atoms with Crippen LogP contribution in [0, 0.1) is 0 Å². The van der Waals surface area contributed by atoms with Crippen molar-refractivity contribution in [2.45, 2.75) is 43.3 Å². The zero-order chi connectivity index (χ0) is 16.5. The van der Waals surface area contributed by atoms with Gasteiger partial charge in [0.25, 0.3) is 5.56 Å². The van der Waals surface area contributed by atoms with Crippen LogP contribution in [0.25, 0.3) is 0 Å². The number of carbonyl (C=O) groups is 1. The van der Waals surface area contributed by atoms with Gasteiger partial charge in [-0.1, -0.05) is 30.0 Å². The summed E-state index contributed by atoms with van der Waals surface area (Å²) in [6.07, 6.45) is 4.18. The van der Waals surface area contributed by atoms with Gasteiger partial charge in [0.2, 0.25) is 5.91 Å². The first kappa shape index (κ1) is 15.4. The number of carbonyl (C=O) groups excluding carboxylic acids is 1. The number of aryl methyl sites for hydroxylation is 1. The summed E-state index contributed by atoms with van der Waals surface area (Å²) in [6, 6.07) is 9.29. The van der Waals surface area contributed by atoms with Gasteiger partial charge in [0, 0.05) is 23.4 Å². The fourth-order valence-electron chi connectivity index (χ4n) is 3.41. The van der Waals surface area contributed by atoms with Crippen molar-refractivity contribution in [2.75, 3.05) is 11.1 Å². The number of para-hydroxylation sites is 1. The normalized spacial score (nSPS) is 18.8. The maximum atomic E-state index is 12.8. The molecular weight excluding hydrogens is 322 g/mol. The number of nitrogens with zero attached hydrogens (tertiary/aromatic N) is 2. The molecule has 1 aliphatic carbocycles. The highest BCUT2D eigenvalue weighted by atomic mass is 32.2. The summed E-state index contributed by atoms with van der Waals surface area (Å²) in [6.45, 7) is 0. The van der Waals surface area contributed by atoms with Gasteiger partial charge in [-0.2, -0.15) is 0 Å². The second kappa shape index (κ2) is 6.43. The molecule has 24 heavy (non-hydrogen) atoms. The van der Waals surface area contributed by atoms with Gasteiger partial charge in [-0.15, -0.1) is 0 Å². The molecule has 2 heterocycles. The first-order valence-electron chi connectivity index (χ1n) is 8.34. The minimum absolute atomic E-state index is 0.0655. The highest BCUT2D eigenvalue weighted by Gasteiger charge is 2.30. The summed E-state index contributed by atoms with van der Waals surface area (Å²) in [5, 5.41) is 3.67. The predicted molar refractivity (Wildman–Crippen MR) is 94.6 cm³/mol. The Bertz CT molecular complexity index is 832. The summed E-state index contributed by atoms with van der Waals surface area (Å²) >= 11 is 1.58. The van der Waals surface area contributed by atoms with Crippen LogP contribution in [0.2, 0.25) is 0 Å². The van der Waals surface area contributed by atoms with Crippen molar-refractivity contribution in [1.29, 1.82) is 0 Å². The van der Waals surface area contributed by atoms with Crippen molar-refractivity contribution in [1.82, 2.24) is 9.55 Å². The van der Waals surface area contributed by atoms with Crippen LogP contribution in [0.1, 0.15) is 36.6 Å². The summed E-state index contributed by atoms with van der Waals surface area (Å²) in [5.74, 6) is 0.664. The van der Waals surface area contributed by atoms with Crippen LogP contribution >= 0.6 is 11.8 Å². The minimum Gasteiger partial charge on any atom is -0.326 e. The van der Waals surface area contributed by atoms with E-state index in [2.05, 4.69) is 5.32 Å². The molecule has 1 aromatic heterocycles. The lowest BCUT2D eigenvalue weighted by Gasteiger charge is -2.18. The van der Waals surface area contributed by atoms with Crippen LogP contribution in [0.3, 0.4) is 0 Å². The lowest BCUT2D eigenvalue weighted by Crippen LogP contribution is -2.32. The van der Waals surface area contributed by atoms with E-state index in [4.69, 9.17) is 4.98 Å². The van der Waals surface area contributed by atoms with E-state index < -0.39 is 0 Å². The van der Waals surface area contributed by atoms with E-state index in [1.807, 2.05) is 30.3 Å². The zero-order valence-corrected chi connectivity index (χ0v) is 14.1. The van der Waals surface area contributed by atoms with Crippen LogP contribution < -0.4 is 10.9 Å². The van der Waals surface area contributed by atoms with Crippen molar-refractivity contribution in [2.24, 2.45) is 0 Å². The van der Waals surface area contributed by atoms with Gasteiger partial charge in [-0.05, 0) is 37.8 Å². The molecule has 6 heteroatoms. The lowest BCUT2D eigenvalue weighted by molar-refractivity contribution is -0.116. The Balaban J connectivity index is 1.56. The molecule has 0 saturated heterocycles. The number of benzene rings is 1. The van der Waals surface area contributed by atoms with E-state index in [1.54, 1.807) is 16.3 Å². The number of thioether (sulfide) groups is 1. The molecule has 1 N–H and O–H groups in total. The van der Waals surface area contributed by atoms with E-state index in [0.29, 0.717) is 6.42 Å². The highest BCUT2D eigenvalue weighted by Crippen LogP contribution is 2.33. The number of anilines is 1. The maximum absolute atomic E-state index is 12.8. The summed E-state index contributed by atoms with van der Waals surface area (Å²) in [7, 11) is 0. The molecule has 0 bridgehead atoms. The van der Waals surface area contributed by atoms with E-state index >= 15 is 0 Å². The first-order valence-corrected chi connectivity index (χ1v) is 9.33. The molecule has 5 nitrogen and oxygen atoms in total. The third kappa shape index (κ3) is 2.86. The van der Waals surface area contributed by atoms with Gasteiger partial charge in [-0.3, -0.25) is 14.2 Å². The summed E-state index contributed by atoms with van der Waals surface area (Å²) < 4.78 is 1.75. The molecule has 0 fully saturated rings. The molecule has 1 amide bonds. The van der Waals surface area contributed by atoms with Crippen molar-refractivity contribution < 1.29 is 4.79 Å². The van der Waals surface area contributed by atoms with Crippen LogP contribution in [0.4, 0.5) is 5.69 Å². The third-order valence-electron chi connectivity index (χ3n) is 4.60. The number of hydrogen-bond donors (Lipinski definition) is 1. The molecule has 0 spiro atoms. The van der Waals surface area contributed by atoms with E-state index in [9.17, 15) is 9.59 Å². The van der Waals surface area contributed by atoms with Gasteiger partial charge in [0.05, 0.1) is 11.7 Å². The summed E-state index contributed by atoms with van der Waals surface area (Å²) in [5.41, 5.74) is 2.68. The SMILES string of the molecule is O=C(CC1CSc2nc3c(c(=O)n21)CCCC3)Nc1ccccc1. The molecule has 1 aliphatic heterocycles. The third-order valence-corrected chi connectivity index (χ3v) is 5.70. The van der Waals surface area contributed by atoms with E-state index in [-0.39, 0.29) is 17.5 Å². The van der Waals surface area contributed by atoms with Crippen LogP contribution in [0.15, 0.2) is 40.3 Å². The smallest absolute Gasteiger partial charge is 0.257 e. The standard InChI is InChI=1S/C18H19N3O2S/c22-16(19-12-6-2-1-3-7-12)10-13-11-24-18-20-15-9-5-4-8-14(15)17(23)21(13)18/h1-3,6-7,13H,4-5,8-11H2,(H,19,22). The van der Waals surface area contributed by atoms with Gasteiger partial charge in [0.15, 0.2) is 5.16 Å². The number of aromatic nitrogens is 2. The largest absolute Gasteiger partial charge is 0.326 e. The molecule has 2 aromatic rings.